The normalized spacial score (nSPS) is 11.2. The molecular formula is C23H22F3N5O4. The highest BCUT2D eigenvalue weighted by Gasteiger charge is 2.38. The van der Waals surface area contributed by atoms with Crippen molar-refractivity contribution in [1.29, 1.82) is 0 Å². The Morgan fingerprint density at radius 3 is 2.29 bits per heavy atom. The summed E-state index contributed by atoms with van der Waals surface area (Å²) in [5, 5.41) is 3.33. The first kappa shape index (κ1) is 25.6. The highest BCUT2D eigenvalue weighted by Crippen LogP contribution is 2.32. The number of rotatable bonds is 4. The summed E-state index contributed by atoms with van der Waals surface area (Å²) in [6, 6.07) is 11.6. The van der Waals surface area contributed by atoms with Crippen LogP contribution in [0.2, 0.25) is 0 Å². The van der Waals surface area contributed by atoms with E-state index in [0.717, 1.165) is 17.0 Å². The van der Waals surface area contributed by atoms with E-state index in [0.29, 0.717) is 16.0 Å². The van der Waals surface area contributed by atoms with Crippen molar-refractivity contribution in [2.24, 2.45) is 0 Å². The first-order valence-corrected chi connectivity index (χ1v) is 10.1. The molecule has 3 aromatic heterocycles. The lowest BCUT2D eigenvalue weighted by molar-refractivity contribution is -0.142. The fourth-order valence-electron chi connectivity index (χ4n) is 3.08. The summed E-state index contributed by atoms with van der Waals surface area (Å²) in [7, 11) is 5.45. The summed E-state index contributed by atoms with van der Waals surface area (Å²) < 4.78 is 39.0. The number of fused-ring (bicyclic) bond motifs is 2. The number of H-pyrrole nitrogens is 1. The Balaban J connectivity index is 0.000000203. The van der Waals surface area contributed by atoms with Crippen molar-refractivity contribution in [3.8, 4) is 0 Å². The van der Waals surface area contributed by atoms with Crippen LogP contribution >= 0.6 is 0 Å². The van der Waals surface area contributed by atoms with Crippen molar-refractivity contribution >= 4 is 33.8 Å². The molecule has 1 aromatic carbocycles. The van der Waals surface area contributed by atoms with E-state index in [1.165, 1.54) is 38.6 Å². The zero-order valence-electron chi connectivity index (χ0n) is 19.3. The topological polar surface area (TPSA) is 101 Å². The Labute approximate surface area is 198 Å². The van der Waals surface area contributed by atoms with E-state index in [4.69, 9.17) is 4.84 Å². The maximum atomic E-state index is 13.0. The molecular weight excluding hydrogens is 467 g/mol. The summed E-state index contributed by atoms with van der Waals surface area (Å²) in [6.07, 6.45) is -1.58. The number of carbonyl (C=O) groups is 2. The Morgan fingerprint density at radius 2 is 1.63 bits per heavy atom. The highest BCUT2D eigenvalue weighted by molar-refractivity contribution is 5.98. The second-order valence-electron chi connectivity index (χ2n) is 7.18. The number of pyridine rings is 2. The van der Waals surface area contributed by atoms with Crippen molar-refractivity contribution in [2.75, 3.05) is 28.3 Å². The molecule has 0 saturated heterocycles. The van der Waals surface area contributed by atoms with E-state index in [1.807, 2.05) is 24.4 Å². The summed E-state index contributed by atoms with van der Waals surface area (Å²) in [5.41, 5.74) is -0.379. The summed E-state index contributed by atoms with van der Waals surface area (Å²) in [4.78, 5) is 43.4. The third-order valence-corrected chi connectivity index (χ3v) is 5.01. The molecule has 184 valence electrons. The van der Waals surface area contributed by atoms with Crippen LogP contribution in [-0.4, -0.2) is 65.2 Å². The third kappa shape index (κ3) is 5.73. The molecule has 0 aliphatic rings. The van der Waals surface area contributed by atoms with Gasteiger partial charge in [0.25, 0.3) is 11.8 Å². The van der Waals surface area contributed by atoms with Crippen LogP contribution < -0.4 is 0 Å². The number of nitrogens with one attached hydrogen (secondary N) is 1. The molecule has 0 aliphatic carbocycles. The largest absolute Gasteiger partial charge is 0.434 e. The van der Waals surface area contributed by atoms with Crippen LogP contribution in [-0.2, 0) is 15.9 Å². The average Bonchev–Trinajstić information content (AvgIpc) is 3.34. The number of benzene rings is 1. The van der Waals surface area contributed by atoms with Gasteiger partial charge in [-0.25, -0.2) is 20.1 Å². The van der Waals surface area contributed by atoms with Gasteiger partial charge in [-0.15, -0.1) is 0 Å². The number of nitrogens with zero attached hydrogens (tertiary/aromatic N) is 4. The minimum atomic E-state index is -4.76. The van der Waals surface area contributed by atoms with Crippen molar-refractivity contribution in [3.05, 3.63) is 71.7 Å². The smallest absolute Gasteiger partial charge is 0.361 e. The lowest BCUT2D eigenvalue weighted by Gasteiger charge is -2.17. The van der Waals surface area contributed by atoms with Crippen molar-refractivity contribution in [2.45, 2.75) is 6.18 Å². The average molecular weight is 489 g/mol. The summed E-state index contributed by atoms with van der Waals surface area (Å²) in [5.74, 6) is -1.09. The first-order chi connectivity index (χ1) is 16.6. The fourth-order valence-corrected chi connectivity index (χ4v) is 3.08. The van der Waals surface area contributed by atoms with E-state index >= 15 is 0 Å². The quantitative estimate of drug-likeness (QED) is 0.434. The molecule has 0 atom stereocenters. The van der Waals surface area contributed by atoms with Gasteiger partial charge in [0.05, 0.1) is 19.8 Å². The van der Waals surface area contributed by atoms with Crippen molar-refractivity contribution in [1.82, 2.24) is 25.1 Å². The van der Waals surface area contributed by atoms with Crippen molar-refractivity contribution in [3.63, 3.8) is 0 Å². The molecule has 0 fully saturated rings. The molecule has 1 N–H and O–H groups in total. The minimum Gasteiger partial charge on any atom is -0.361 e. The number of carbonyl (C=O) groups excluding carboxylic acids is 2. The van der Waals surface area contributed by atoms with E-state index in [1.54, 1.807) is 19.2 Å². The molecule has 12 heteroatoms. The van der Waals surface area contributed by atoms with Crippen LogP contribution in [0.5, 0.6) is 0 Å². The SMILES string of the molecule is CON(C)C(=O)c1cc2cccnc2nc1C(F)(F)F.CON(C)C(=O)c1ccc2cc[nH]c2c1. The second kappa shape index (κ2) is 10.5. The lowest BCUT2D eigenvalue weighted by Crippen LogP contribution is -2.28. The maximum Gasteiger partial charge on any atom is 0.434 e. The Kier molecular flexibility index (Phi) is 7.67. The number of aromatic nitrogens is 3. The molecule has 0 saturated carbocycles. The van der Waals surface area contributed by atoms with Gasteiger partial charge in [0, 0.05) is 43.0 Å². The van der Waals surface area contributed by atoms with Crippen LogP contribution in [0.15, 0.2) is 54.9 Å². The molecule has 0 unspecified atom stereocenters. The van der Waals surface area contributed by atoms with Gasteiger partial charge in [-0.05, 0) is 41.8 Å². The summed E-state index contributed by atoms with van der Waals surface area (Å²) in [6.45, 7) is 0. The standard InChI is InChI=1S/C12H10F3N3O2.C11H12N2O2/c1-18(20-2)11(19)8-6-7-4-3-5-16-10(7)17-9(8)12(13,14)15;1-13(15-2)11(14)9-4-3-8-5-6-12-10(8)7-9/h3-6H,1-2H3;3-7,12H,1-2H3. The van der Waals surface area contributed by atoms with Crippen LogP contribution in [0.25, 0.3) is 21.9 Å². The molecule has 2 amide bonds. The lowest BCUT2D eigenvalue weighted by atomic mass is 10.1. The number of hydrogen-bond donors (Lipinski definition) is 1. The van der Waals surface area contributed by atoms with E-state index in [2.05, 4.69) is 19.8 Å². The predicted octanol–water partition coefficient (Wildman–Crippen LogP) is 4.08. The van der Waals surface area contributed by atoms with Crippen LogP contribution in [0.1, 0.15) is 26.4 Å². The molecule has 0 radical (unpaired) electrons. The molecule has 4 rings (SSSR count). The molecule has 0 aliphatic heterocycles. The molecule has 9 nitrogen and oxygen atoms in total. The Hall–Kier alpha value is -4.03. The van der Waals surface area contributed by atoms with Crippen LogP contribution in [0.3, 0.4) is 0 Å². The van der Waals surface area contributed by atoms with Crippen LogP contribution in [0, 0.1) is 0 Å². The summed E-state index contributed by atoms with van der Waals surface area (Å²) >= 11 is 0. The predicted molar refractivity (Wildman–Crippen MR) is 121 cm³/mol. The van der Waals surface area contributed by atoms with Gasteiger partial charge in [-0.2, -0.15) is 13.2 Å². The Bertz CT molecular complexity index is 1360. The minimum absolute atomic E-state index is 0.0727. The number of amides is 2. The molecule has 35 heavy (non-hydrogen) atoms. The molecule has 3 heterocycles. The number of halogens is 3. The highest BCUT2D eigenvalue weighted by atomic mass is 19.4. The van der Waals surface area contributed by atoms with Gasteiger partial charge >= 0.3 is 6.18 Å². The van der Waals surface area contributed by atoms with E-state index < -0.39 is 23.3 Å². The van der Waals surface area contributed by atoms with Gasteiger partial charge in [0.15, 0.2) is 11.3 Å². The number of alkyl halides is 3. The zero-order chi connectivity index (χ0) is 25.8. The zero-order valence-corrected chi connectivity index (χ0v) is 19.3. The van der Waals surface area contributed by atoms with E-state index in [-0.39, 0.29) is 11.6 Å². The van der Waals surface area contributed by atoms with Crippen molar-refractivity contribution < 1.29 is 32.4 Å². The third-order valence-electron chi connectivity index (χ3n) is 5.01. The maximum absolute atomic E-state index is 13.0. The van der Waals surface area contributed by atoms with Gasteiger partial charge in [-0.3, -0.25) is 19.3 Å². The first-order valence-electron chi connectivity index (χ1n) is 10.1. The molecule has 4 aromatic rings. The van der Waals surface area contributed by atoms with E-state index in [9.17, 15) is 22.8 Å². The number of aromatic amines is 1. The second-order valence-corrected chi connectivity index (χ2v) is 7.18. The van der Waals surface area contributed by atoms with Crippen LogP contribution in [0.4, 0.5) is 13.2 Å². The molecule has 0 spiro atoms. The number of hydroxylamine groups is 4. The van der Waals surface area contributed by atoms with Gasteiger partial charge in [0.2, 0.25) is 0 Å². The van der Waals surface area contributed by atoms with Gasteiger partial charge in [-0.1, -0.05) is 6.07 Å². The fraction of sp³-hybridized carbons (Fsp3) is 0.217. The Morgan fingerprint density at radius 1 is 0.943 bits per heavy atom. The van der Waals surface area contributed by atoms with Gasteiger partial charge < -0.3 is 4.98 Å². The van der Waals surface area contributed by atoms with Gasteiger partial charge in [0.1, 0.15) is 0 Å². The monoisotopic (exact) mass is 489 g/mol. The molecule has 0 bridgehead atoms. The number of hydrogen-bond acceptors (Lipinski definition) is 6.